The van der Waals surface area contributed by atoms with Crippen LogP contribution in [-0.4, -0.2) is 67.0 Å². The van der Waals surface area contributed by atoms with E-state index in [0.717, 1.165) is 25.7 Å². The van der Waals surface area contributed by atoms with Gasteiger partial charge in [-0.3, -0.25) is 4.99 Å². The van der Waals surface area contributed by atoms with Gasteiger partial charge in [-0.25, -0.2) is 9.59 Å². The quantitative estimate of drug-likeness (QED) is 0.279. The van der Waals surface area contributed by atoms with Gasteiger partial charge >= 0.3 is 12.2 Å². The Bertz CT molecular complexity index is 569. The van der Waals surface area contributed by atoms with Gasteiger partial charge in [-0.2, -0.15) is 0 Å². The third-order valence-electron chi connectivity index (χ3n) is 4.72. The Labute approximate surface area is 190 Å². The van der Waals surface area contributed by atoms with Gasteiger partial charge < -0.3 is 30.7 Å². The molecular weight excluding hydrogens is 489 g/mol. The highest BCUT2D eigenvalue weighted by atomic mass is 127. The van der Waals surface area contributed by atoms with Crippen molar-refractivity contribution in [2.45, 2.75) is 71.1 Å². The van der Waals surface area contributed by atoms with Crippen LogP contribution in [0.5, 0.6) is 0 Å². The van der Waals surface area contributed by atoms with Crippen molar-refractivity contribution in [1.82, 2.24) is 15.5 Å². The Morgan fingerprint density at radius 2 is 1.83 bits per heavy atom. The minimum Gasteiger partial charge on any atom is -0.450 e. The van der Waals surface area contributed by atoms with E-state index >= 15 is 0 Å². The molecule has 29 heavy (non-hydrogen) atoms. The Hall–Kier alpha value is -1.46. The Morgan fingerprint density at radius 3 is 2.34 bits per heavy atom. The summed E-state index contributed by atoms with van der Waals surface area (Å²) in [5.41, 5.74) is 5.51. The number of carbonyl (C=O) groups excluding carboxylic acids is 2. The number of ether oxygens (including phenoxy) is 2. The number of guanidine groups is 1. The molecule has 2 aliphatic rings. The first-order valence-electron chi connectivity index (χ1n) is 10.2. The Kier molecular flexibility index (Phi) is 10.3. The lowest BCUT2D eigenvalue weighted by Crippen LogP contribution is -2.49. The Balaban J connectivity index is 0.00000420. The number of likely N-dealkylation sites (tertiary alicyclic amines) is 1. The summed E-state index contributed by atoms with van der Waals surface area (Å²) < 4.78 is 10.4. The number of nitrogens with zero attached hydrogens (tertiary/aromatic N) is 2. The second kappa shape index (κ2) is 11.7. The minimum absolute atomic E-state index is 0. The van der Waals surface area contributed by atoms with Crippen molar-refractivity contribution in [3.8, 4) is 0 Å². The van der Waals surface area contributed by atoms with Crippen LogP contribution in [-0.2, 0) is 9.47 Å². The average molecular weight is 525 g/mol. The van der Waals surface area contributed by atoms with Crippen molar-refractivity contribution >= 4 is 42.1 Å². The van der Waals surface area contributed by atoms with Crippen molar-refractivity contribution in [2.75, 3.05) is 26.2 Å². The number of nitrogens with two attached hydrogens (primary N) is 1. The maximum atomic E-state index is 12.0. The number of halogens is 1. The van der Waals surface area contributed by atoms with E-state index in [1.807, 2.05) is 20.8 Å². The third kappa shape index (κ3) is 9.72. The number of aliphatic imine (C=N–C) groups is 1. The zero-order valence-corrected chi connectivity index (χ0v) is 20.2. The van der Waals surface area contributed by atoms with E-state index in [9.17, 15) is 9.59 Å². The van der Waals surface area contributed by atoms with Gasteiger partial charge in [-0.1, -0.05) is 0 Å². The average Bonchev–Trinajstić information content (AvgIpc) is 3.43. The number of hydrogen-bond donors (Lipinski definition) is 3. The summed E-state index contributed by atoms with van der Waals surface area (Å²) in [5.74, 6) is 0.795. The molecule has 1 saturated carbocycles. The van der Waals surface area contributed by atoms with E-state index in [-0.39, 0.29) is 42.2 Å². The molecule has 4 N–H and O–H groups in total. The standard InChI is InChI=1S/C19H35N5O4.HI/c1-5-27-18(26)24-10-8-14(9-11-24)22-16(20)21-12-15(13-6-7-13)23-17(25)28-19(2,3)4;/h13-15H,5-12H2,1-4H3,(H,23,25)(H3,20,21,22);1H. The van der Waals surface area contributed by atoms with Gasteiger partial charge in [0.15, 0.2) is 5.96 Å². The number of amides is 2. The van der Waals surface area contributed by atoms with Gasteiger partial charge in [0.1, 0.15) is 5.60 Å². The summed E-state index contributed by atoms with van der Waals surface area (Å²) in [6.45, 7) is 9.39. The monoisotopic (exact) mass is 525 g/mol. The van der Waals surface area contributed by atoms with E-state index in [1.54, 1.807) is 11.8 Å². The lowest BCUT2D eigenvalue weighted by molar-refractivity contribution is 0.0500. The summed E-state index contributed by atoms with van der Waals surface area (Å²) in [5, 5.41) is 6.14. The number of carbonyl (C=O) groups is 2. The van der Waals surface area contributed by atoms with Gasteiger partial charge in [0.2, 0.25) is 0 Å². The second-order valence-corrected chi connectivity index (χ2v) is 8.42. The molecular formula is C19H36IN5O4. The molecule has 1 saturated heterocycles. The summed E-state index contributed by atoms with van der Waals surface area (Å²) >= 11 is 0. The number of alkyl carbamates (subject to hydrolysis) is 1. The predicted molar refractivity (Wildman–Crippen MR) is 123 cm³/mol. The first-order valence-corrected chi connectivity index (χ1v) is 10.2. The molecule has 2 amide bonds. The van der Waals surface area contributed by atoms with Crippen LogP contribution >= 0.6 is 24.0 Å². The first-order chi connectivity index (χ1) is 13.2. The maximum Gasteiger partial charge on any atom is 0.409 e. The van der Waals surface area contributed by atoms with Crippen LogP contribution < -0.4 is 16.4 Å². The number of hydrogen-bond acceptors (Lipinski definition) is 5. The molecule has 1 heterocycles. The zero-order chi connectivity index (χ0) is 20.7. The zero-order valence-electron chi connectivity index (χ0n) is 17.9. The lowest BCUT2D eigenvalue weighted by atomic mass is 10.1. The van der Waals surface area contributed by atoms with Gasteiger partial charge in [0, 0.05) is 19.1 Å². The second-order valence-electron chi connectivity index (χ2n) is 8.42. The molecule has 10 heteroatoms. The molecule has 0 aromatic carbocycles. The minimum atomic E-state index is -0.527. The normalized spacial score (nSPS) is 19.0. The van der Waals surface area contributed by atoms with E-state index in [4.69, 9.17) is 15.2 Å². The molecule has 1 atom stereocenters. The highest BCUT2D eigenvalue weighted by Crippen LogP contribution is 2.33. The lowest BCUT2D eigenvalue weighted by Gasteiger charge is -2.31. The molecule has 0 radical (unpaired) electrons. The fourth-order valence-corrected chi connectivity index (χ4v) is 3.14. The topological polar surface area (TPSA) is 118 Å². The van der Waals surface area contributed by atoms with Crippen molar-refractivity contribution in [3.05, 3.63) is 0 Å². The van der Waals surface area contributed by atoms with Crippen LogP contribution in [0.4, 0.5) is 9.59 Å². The molecule has 0 aromatic heterocycles. The number of rotatable bonds is 6. The predicted octanol–water partition coefficient (Wildman–Crippen LogP) is 2.43. The van der Waals surface area contributed by atoms with E-state index < -0.39 is 11.7 Å². The highest BCUT2D eigenvalue weighted by molar-refractivity contribution is 14.0. The van der Waals surface area contributed by atoms with Crippen LogP contribution in [0.3, 0.4) is 0 Å². The van der Waals surface area contributed by atoms with E-state index in [1.165, 1.54) is 0 Å². The summed E-state index contributed by atoms with van der Waals surface area (Å²) in [4.78, 5) is 29.9. The van der Waals surface area contributed by atoms with Gasteiger partial charge in [0.25, 0.3) is 0 Å². The van der Waals surface area contributed by atoms with Crippen molar-refractivity contribution in [1.29, 1.82) is 0 Å². The summed E-state index contributed by atoms with van der Waals surface area (Å²) in [6, 6.07) is 0.105. The first kappa shape index (κ1) is 25.6. The molecule has 1 unspecified atom stereocenters. The van der Waals surface area contributed by atoms with Crippen LogP contribution in [0.15, 0.2) is 4.99 Å². The SMILES string of the molecule is CCOC(=O)N1CCC(NC(N)=NCC(NC(=O)OC(C)(C)C)C2CC2)CC1.I. The number of piperidine rings is 1. The molecule has 0 bridgehead atoms. The molecule has 9 nitrogen and oxygen atoms in total. The molecule has 1 aliphatic heterocycles. The van der Waals surface area contributed by atoms with Gasteiger partial charge in [-0.05, 0) is 59.3 Å². The Morgan fingerprint density at radius 1 is 1.21 bits per heavy atom. The van der Waals surface area contributed by atoms with E-state index in [0.29, 0.717) is 38.1 Å². The third-order valence-corrected chi connectivity index (χ3v) is 4.72. The van der Waals surface area contributed by atoms with Gasteiger partial charge in [-0.15, -0.1) is 24.0 Å². The van der Waals surface area contributed by atoms with Gasteiger partial charge in [0.05, 0.1) is 19.2 Å². The van der Waals surface area contributed by atoms with Crippen LogP contribution in [0.1, 0.15) is 53.4 Å². The largest absolute Gasteiger partial charge is 0.450 e. The molecule has 1 aliphatic carbocycles. The van der Waals surface area contributed by atoms with Crippen molar-refractivity contribution in [2.24, 2.45) is 16.6 Å². The van der Waals surface area contributed by atoms with Crippen LogP contribution in [0.25, 0.3) is 0 Å². The smallest absolute Gasteiger partial charge is 0.409 e. The fraction of sp³-hybridized carbons (Fsp3) is 0.842. The highest BCUT2D eigenvalue weighted by Gasteiger charge is 2.33. The summed E-state index contributed by atoms with van der Waals surface area (Å²) in [6.07, 6.45) is 3.06. The van der Waals surface area contributed by atoms with Crippen LogP contribution in [0, 0.1) is 5.92 Å². The summed E-state index contributed by atoms with van der Waals surface area (Å²) in [7, 11) is 0. The molecule has 2 rings (SSSR count). The van der Waals surface area contributed by atoms with Crippen molar-refractivity contribution in [3.63, 3.8) is 0 Å². The molecule has 0 spiro atoms. The van der Waals surface area contributed by atoms with Crippen molar-refractivity contribution < 1.29 is 19.1 Å². The number of nitrogens with one attached hydrogen (secondary N) is 2. The van der Waals surface area contributed by atoms with E-state index in [2.05, 4.69) is 15.6 Å². The molecule has 0 aromatic rings. The molecule has 2 fully saturated rings. The van der Waals surface area contributed by atoms with Crippen LogP contribution in [0.2, 0.25) is 0 Å². The maximum absolute atomic E-state index is 12.0. The fourth-order valence-electron chi connectivity index (χ4n) is 3.14. The molecule has 168 valence electrons.